The highest BCUT2D eigenvalue weighted by Crippen LogP contribution is 2.21. The van der Waals surface area contributed by atoms with Crippen LogP contribution in [0, 0.1) is 0 Å². The largest absolute Gasteiger partial charge is 0.368 e. The van der Waals surface area contributed by atoms with Gasteiger partial charge in [0.1, 0.15) is 6.33 Å². The van der Waals surface area contributed by atoms with Gasteiger partial charge in [0.15, 0.2) is 5.78 Å². The molecule has 2 aromatic carbocycles. The molecule has 0 saturated carbocycles. The van der Waals surface area contributed by atoms with E-state index in [2.05, 4.69) is 15.1 Å². The predicted octanol–water partition coefficient (Wildman–Crippen LogP) is 2.74. The second-order valence-corrected chi connectivity index (χ2v) is 5.88. The summed E-state index contributed by atoms with van der Waals surface area (Å²) in [4.78, 5) is 21.2. The maximum Gasteiger partial charge on any atom is 0.235 e. The normalized spacial score (nSPS) is 11.1. The number of hydrogen-bond acceptors (Lipinski definition) is 5. The molecule has 2 N–H and O–H groups in total. The molecule has 25 heavy (non-hydrogen) atoms. The number of ketones is 1. The van der Waals surface area contributed by atoms with E-state index in [0.29, 0.717) is 16.5 Å². The van der Waals surface area contributed by atoms with Crippen LogP contribution < -0.4 is 5.73 Å². The van der Waals surface area contributed by atoms with E-state index in [0.717, 1.165) is 11.0 Å². The second kappa shape index (κ2) is 6.03. The summed E-state index contributed by atoms with van der Waals surface area (Å²) < 4.78 is 3.19. The first-order chi connectivity index (χ1) is 12.1. The Hall–Kier alpha value is -3.19. The Morgan fingerprint density at radius 1 is 1.12 bits per heavy atom. The number of carbonyl (C=O) groups is 1. The van der Waals surface area contributed by atoms with Crippen LogP contribution in [-0.4, -0.2) is 30.1 Å². The number of imidazole rings is 1. The molecule has 0 radical (unpaired) electrons. The Labute approximate surface area is 147 Å². The van der Waals surface area contributed by atoms with Gasteiger partial charge in [-0.3, -0.25) is 4.79 Å². The number of carbonyl (C=O) groups excluding carboxylic acids is 1. The number of nitrogen functional groups attached to an aromatic ring is 1. The van der Waals surface area contributed by atoms with Crippen LogP contribution in [0.15, 0.2) is 54.9 Å². The van der Waals surface area contributed by atoms with Crippen molar-refractivity contribution >= 4 is 34.4 Å². The van der Waals surface area contributed by atoms with Gasteiger partial charge < -0.3 is 10.3 Å². The van der Waals surface area contributed by atoms with Gasteiger partial charge in [0.2, 0.25) is 11.9 Å². The minimum Gasteiger partial charge on any atom is -0.368 e. The van der Waals surface area contributed by atoms with Crippen molar-refractivity contribution in [2.75, 3.05) is 5.73 Å². The minimum absolute atomic E-state index is 0.0697. The van der Waals surface area contributed by atoms with Gasteiger partial charge >= 0.3 is 0 Å². The van der Waals surface area contributed by atoms with Crippen LogP contribution in [0.25, 0.3) is 17.0 Å². The third kappa shape index (κ3) is 2.74. The number of fused-ring (bicyclic) bond motifs is 1. The van der Waals surface area contributed by atoms with E-state index in [1.54, 1.807) is 28.8 Å². The lowest BCUT2D eigenvalue weighted by Gasteiger charge is -2.09. The standard InChI is InChI=1S/C17H13ClN6O/c18-12-7-5-11(6-8-12)15(25)9-23-14-4-2-1-3-13(14)22-17(23)24-16(19)20-10-21-24/h1-8,10H,9H2,(H2,19,20,21). The molecule has 0 aliphatic carbocycles. The van der Waals surface area contributed by atoms with Crippen LogP contribution >= 0.6 is 11.6 Å². The fourth-order valence-corrected chi connectivity index (χ4v) is 2.78. The van der Waals surface area contributed by atoms with Crippen molar-refractivity contribution in [1.82, 2.24) is 24.3 Å². The fourth-order valence-electron chi connectivity index (χ4n) is 2.66. The number of hydrogen-bond donors (Lipinski definition) is 1. The molecule has 4 rings (SSSR count). The molecule has 0 unspecified atom stereocenters. The van der Waals surface area contributed by atoms with E-state index < -0.39 is 0 Å². The van der Waals surface area contributed by atoms with Crippen molar-refractivity contribution in [3.05, 3.63) is 65.4 Å². The fraction of sp³-hybridized carbons (Fsp3) is 0.0588. The Morgan fingerprint density at radius 2 is 1.88 bits per heavy atom. The van der Waals surface area contributed by atoms with Crippen LogP contribution in [0.5, 0.6) is 0 Å². The van der Waals surface area contributed by atoms with Gasteiger partial charge in [0.05, 0.1) is 17.6 Å². The van der Waals surface area contributed by atoms with Gasteiger partial charge in [0.25, 0.3) is 0 Å². The third-order valence-electron chi connectivity index (χ3n) is 3.87. The van der Waals surface area contributed by atoms with Crippen molar-refractivity contribution in [3.8, 4) is 5.95 Å². The zero-order chi connectivity index (χ0) is 17.4. The highest BCUT2D eigenvalue weighted by Gasteiger charge is 2.18. The molecular formula is C17H13ClN6O. The average molecular weight is 353 g/mol. The molecule has 0 saturated heterocycles. The molecule has 0 bridgehead atoms. The molecule has 0 aliphatic rings. The lowest BCUT2D eigenvalue weighted by Crippen LogP contribution is -2.16. The van der Waals surface area contributed by atoms with Crippen LogP contribution in [-0.2, 0) is 6.54 Å². The summed E-state index contributed by atoms with van der Waals surface area (Å²) in [7, 11) is 0. The van der Waals surface area contributed by atoms with Crippen molar-refractivity contribution in [1.29, 1.82) is 0 Å². The number of benzene rings is 2. The maximum atomic E-state index is 12.7. The van der Waals surface area contributed by atoms with Gasteiger partial charge in [-0.1, -0.05) is 23.7 Å². The first-order valence-electron chi connectivity index (χ1n) is 7.53. The molecule has 124 valence electrons. The quantitative estimate of drug-likeness (QED) is 0.570. The Bertz CT molecular complexity index is 1070. The Balaban J connectivity index is 1.81. The van der Waals surface area contributed by atoms with Gasteiger partial charge in [-0.25, -0.2) is 4.98 Å². The smallest absolute Gasteiger partial charge is 0.235 e. The predicted molar refractivity (Wildman–Crippen MR) is 94.8 cm³/mol. The molecule has 0 amide bonds. The molecule has 8 heteroatoms. The monoisotopic (exact) mass is 352 g/mol. The lowest BCUT2D eigenvalue weighted by molar-refractivity contribution is 0.0973. The van der Waals surface area contributed by atoms with Crippen molar-refractivity contribution in [2.45, 2.75) is 6.54 Å². The number of Topliss-reactive ketones (excluding diaryl/α,β-unsaturated/α-hetero) is 1. The Morgan fingerprint density at radius 3 is 2.60 bits per heavy atom. The maximum absolute atomic E-state index is 12.7. The summed E-state index contributed by atoms with van der Waals surface area (Å²) in [5.41, 5.74) is 7.99. The number of nitrogens with zero attached hydrogens (tertiary/aromatic N) is 5. The summed E-state index contributed by atoms with van der Waals surface area (Å²) in [6.45, 7) is 0.0940. The molecular weight excluding hydrogens is 340 g/mol. The van der Waals surface area contributed by atoms with E-state index in [4.69, 9.17) is 17.3 Å². The summed E-state index contributed by atoms with van der Waals surface area (Å²) in [6.07, 6.45) is 1.35. The lowest BCUT2D eigenvalue weighted by atomic mass is 10.1. The van der Waals surface area contributed by atoms with E-state index in [-0.39, 0.29) is 18.3 Å². The molecule has 0 aliphatic heterocycles. The first-order valence-corrected chi connectivity index (χ1v) is 7.91. The minimum atomic E-state index is -0.0697. The van der Waals surface area contributed by atoms with Crippen LogP contribution in [0.3, 0.4) is 0 Å². The topological polar surface area (TPSA) is 91.6 Å². The third-order valence-corrected chi connectivity index (χ3v) is 4.12. The van der Waals surface area contributed by atoms with E-state index in [9.17, 15) is 4.79 Å². The molecule has 4 aromatic rings. The summed E-state index contributed by atoms with van der Waals surface area (Å²) in [5, 5.41) is 4.69. The highest BCUT2D eigenvalue weighted by molar-refractivity contribution is 6.30. The number of halogens is 1. The molecule has 2 aromatic heterocycles. The van der Waals surface area contributed by atoms with Gasteiger partial charge in [0, 0.05) is 10.6 Å². The SMILES string of the molecule is Nc1ncnn1-c1nc2ccccc2n1CC(=O)c1ccc(Cl)cc1. The van der Waals surface area contributed by atoms with E-state index in [1.165, 1.54) is 11.0 Å². The number of anilines is 1. The zero-order valence-corrected chi connectivity index (χ0v) is 13.8. The van der Waals surface area contributed by atoms with E-state index in [1.807, 2.05) is 24.3 Å². The van der Waals surface area contributed by atoms with Gasteiger partial charge in [-0.15, -0.1) is 0 Å². The van der Waals surface area contributed by atoms with Crippen LogP contribution in [0.4, 0.5) is 5.95 Å². The van der Waals surface area contributed by atoms with Crippen molar-refractivity contribution < 1.29 is 4.79 Å². The highest BCUT2D eigenvalue weighted by atomic mass is 35.5. The zero-order valence-electron chi connectivity index (χ0n) is 13.0. The van der Waals surface area contributed by atoms with Crippen molar-refractivity contribution in [3.63, 3.8) is 0 Å². The average Bonchev–Trinajstić information content (AvgIpc) is 3.19. The first kappa shape index (κ1) is 15.3. The summed E-state index contributed by atoms with van der Waals surface area (Å²) in [6, 6.07) is 14.3. The molecule has 0 fully saturated rings. The summed E-state index contributed by atoms with van der Waals surface area (Å²) in [5.74, 6) is 0.578. The second-order valence-electron chi connectivity index (χ2n) is 5.45. The van der Waals surface area contributed by atoms with Crippen molar-refractivity contribution in [2.24, 2.45) is 0 Å². The van der Waals surface area contributed by atoms with Gasteiger partial charge in [-0.05, 0) is 36.4 Å². The Kier molecular flexibility index (Phi) is 3.70. The molecule has 0 spiro atoms. The molecule has 0 atom stereocenters. The molecule has 7 nitrogen and oxygen atoms in total. The number of para-hydroxylation sites is 2. The van der Waals surface area contributed by atoms with Crippen LogP contribution in [0.2, 0.25) is 5.02 Å². The number of nitrogens with two attached hydrogens (primary N) is 1. The van der Waals surface area contributed by atoms with Crippen LogP contribution in [0.1, 0.15) is 10.4 Å². The van der Waals surface area contributed by atoms with Gasteiger partial charge in [-0.2, -0.15) is 14.8 Å². The number of aromatic nitrogens is 5. The number of rotatable bonds is 4. The summed E-state index contributed by atoms with van der Waals surface area (Å²) >= 11 is 5.89. The molecule has 2 heterocycles. The van der Waals surface area contributed by atoms with E-state index >= 15 is 0 Å².